The van der Waals surface area contributed by atoms with Crippen molar-refractivity contribution in [2.45, 2.75) is 25.1 Å². The minimum Gasteiger partial charge on any atom is -0.496 e. The molecule has 1 aliphatic heterocycles. The number of halogens is 3. The molecule has 0 spiro atoms. The van der Waals surface area contributed by atoms with E-state index in [-0.39, 0.29) is 5.56 Å². The monoisotopic (exact) mass is 257 g/mol. The van der Waals surface area contributed by atoms with Gasteiger partial charge in [-0.1, -0.05) is 18.2 Å². The van der Waals surface area contributed by atoms with Gasteiger partial charge in [0.05, 0.1) is 18.2 Å². The van der Waals surface area contributed by atoms with Gasteiger partial charge in [-0.25, -0.2) is 0 Å². The minimum atomic E-state index is -4.40. The van der Waals surface area contributed by atoms with Gasteiger partial charge in [0.1, 0.15) is 5.76 Å². The van der Waals surface area contributed by atoms with E-state index >= 15 is 0 Å². The van der Waals surface area contributed by atoms with Gasteiger partial charge >= 0.3 is 6.18 Å². The molecule has 1 heterocycles. The molecule has 1 aromatic carbocycles. The molecule has 2 nitrogen and oxygen atoms in total. The molecule has 0 aromatic heterocycles. The van der Waals surface area contributed by atoms with E-state index in [1.54, 1.807) is 12.1 Å². The van der Waals surface area contributed by atoms with Crippen LogP contribution in [0.2, 0.25) is 0 Å². The number of hydrogen-bond donors (Lipinski definition) is 1. The molecule has 0 saturated carbocycles. The zero-order chi connectivity index (χ0) is 13.2. The molecule has 1 aromatic rings. The molecule has 18 heavy (non-hydrogen) atoms. The van der Waals surface area contributed by atoms with Crippen molar-refractivity contribution in [3.05, 3.63) is 47.2 Å². The molecule has 0 fully saturated rings. The lowest BCUT2D eigenvalue weighted by Crippen LogP contribution is -2.21. The first-order valence-electron chi connectivity index (χ1n) is 5.74. The Labute approximate surface area is 103 Å². The Morgan fingerprint density at radius 3 is 2.56 bits per heavy atom. The van der Waals surface area contributed by atoms with Crippen LogP contribution in [0, 0.1) is 0 Å². The van der Waals surface area contributed by atoms with Crippen molar-refractivity contribution in [3.63, 3.8) is 0 Å². The van der Waals surface area contributed by atoms with Crippen molar-refractivity contribution in [2.75, 3.05) is 6.61 Å². The fourth-order valence-electron chi connectivity index (χ4n) is 1.97. The third kappa shape index (κ3) is 2.67. The lowest BCUT2D eigenvalue weighted by atomic mass is 9.98. The van der Waals surface area contributed by atoms with Crippen LogP contribution < -0.4 is 5.73 Å². The summed E-state index contributed by atoms with van der Waals surface area (Å²) in [6.07, 6.45) is -0.973. The molecule has 5 heteroatoms. The highest BCUT2D eigenvalue weighted by atomic mass is 19.4. The molecule has 2 rings (SSSR count). The fraction of sp³-hybridized carbons (Fsp3) is 0.385. The molecule has 1 aliphatic rings. The molecule has 1 unspecified atom stereocenters. The Morgan fingerprint density at radius 2 is 1.94 bits per heavy atom. The maximum Gasteiger partial charge on any atom is 0.416 e. The summed E-state index contributed by atoms with van der Waals surface area (Å²) in [5, 5.41) is 0. The average Bonchev–Trinajstić information content (AvgIpc) is 2.38. The first kappa shape index (κ1) is 13.0. The van der Waals surface area contributed by atoms with Crippen molar-refractivity contribution in [3.8, 4) is 0 Å². The number of nitrogens with two attached hydrogens (primary N) is 1. The number of benzene rings is 1. The van der Waals surface area contributed by atoms with E-state index in [0.29, 0.717) is 12.4 Å². The maximum absolute atomic E-state index is 12.9. The number of ether oxygens (including phenoxy) is 1. The summed E-state index contributed by atoms with van der Waals surface area (Å²) in [6.45, 7) is 0.508. The summed E-state index contributed by atoms with van der Waals surface area (Å²) >= 11 is 0. The topological polar surface area (TPSA) is 35.2 Å². The van der Waals surface area contributed by atoms with Crippen LogP contribution in [0.5, 0.6) is 0 Å². The number of allylic oxidation sites excluding steroid dienone is 1. The van der Waals surface area contributed by atoms with E-state index in [9.17, 15) is 13.2 Å². The van der Waals surface area contributed by atoms with E-state index in [4.69, 9.17) is 10.5 Å². The molecule has 0 radical (unpaired) electrons. The molecular formula is C13H14F3NO. The SMILES string of the molecule is NC(C1=CCCCO1)c1ccccc1C(F)(F)F. The normalized spacial score (nSPS) is 17.9. The van der Waals surface area contributed by atoms with Crippen LogP contribution in [0.25, 0.3) is 0 Å². The Hall–Kier alpha value is -1.49. The van der Waals surface area contributed by atoms with Crippen molar-refractivity contribution in [1.82, 2.24) is 0 Å². The van der Waals surface area contributed by atoms with E-state index in [2.05, 4.69) is 0 Å². The summed E-state index contributed by atoms with van der Waals surface area (Å²) in [7, 11) is 0. The number of hydrogen-bond acceptors (Lipinski definition) is 2. The van der Waals surface area contributed by atoms with Gasteiger partial charge in [-0.15, -0.1) is 0 Å². The predicted molar refractivity (Wildman–Crippen MR) is 61.6 cm³/mol. The van der Waals surface area contributed by atoms with Crippen molar-refractivity contribution in [2.24, 2.45) is 5.73 Å². The second-order valence-corrected chi connectivity index (χ2v) is 4.16. The zero-order valence-electron chi connectivity index (χ0n) is 9.70. The molecule has 98 valence electrons. The molecular weight excluding hydrogens is 243 g/mol. The first-order valence-corrected chi connectivity index (χ1v) is 5.74. The van der Waals surface area contributed by atoms with Gasteiger partial charge < -0.3 is 10.5 Å². The third-order valence-electron chi connectivity index (χ3n) is 2.87. The van der Waals surface area contributed by atoms with Gasteiger partial charge in [0.25, 0.3) is 0 Å². The van der Waals surface area contributed by atoms with Crippen molar-refractivity contribution < 1.29 is 17.9 Å². The third-order valence-corrected chi connectivity index (χ3v) is 2.87. The quantitative estimate of drug-likeness (QED) is 0.881. The summed E-state index contributed by atoms with van der Waals surface area (Å²) < 4.78 is 43.9. The van der Waals surface area contributed by atoms with E-state index in [1.807, 2.05) is 0 Å². The highest BCUT2D eigenvalue weighted by molar-refractivity contribution is 5.35. The highest BCUT2D eigenvalue weighted by Crippen LogP contribution is 2.36. The van der Waals surface area contributed by atoms with Crippen LogP contribution >= 0.6 is 0 Å². The molecule has 0 bridgehead atoms. The van der Waals surface area contributed by atoms with Gasteiger partial charge in [-0.2, -0.15) is 13.2 Å². The van der Waals surface area contributed by atoms with Crippen LogP contribution in [-0.4, -0.2) is 6.61 Å². The molecule has 0 saturated heterocycles. The lowest BCUT2D eigenvalue weighted by Gasteiger charge is -2.23. The van der Waals surface area contributed by atoms with E-state index in [0.717, 1.165) is 18.9 Å². The van der Waals surface area contributed by atoms with Crippen LogP contribution in [0.15, 0.2) is 36.1 Å². The molecule has 0 aliphatic carbocycles. The Morgan fingerprint density at radius 1 is 1.22 bits per heavy atom. The lowest BCUT2D eigenvalue weighted by molar-refractivity contribution is -0.138. The number of alkyl halides is 3. The summed E-state index contributed by atoms with van der Waals surface area (Å²) in [6, 6.07) is 4.48. The van der Waals surface area contributed by atoms with Crippen molar-refractivity contribution >= 4 is 0 Å². The highest BCUT2D eigenvalue weighted by Gasteiger charge is 2.35. The largest absolute Gasteiger partial charge is 0.496 e. The van der Waals surface area contributed by atoms with E-state index in [1.165, 1.54) is 12.1 Å². The van der Waals surface area contributed by atoms with Crippen LogP contribution in [-0.2, 0) is 10.9 Å². The molecule has 1 atom stereocenters. The average molecular weight is 257 g/mol. The molecule has 2 N–H and O–H groups in total. The van der Waals surface area contributed by atoms with Gasteiger partial charge in [-0.05, 0) is 30.5 Å². The first-order chi connectivity index (χ1) is 8.50. The Kier molecular flexibility index (Phi) is 3.61. The Balaban J connectivity index is 2.35. The van der Waals surface area contributed by atoms with Gasteiger partial charge in [0.2, 0.25) is 0 Å². The fourth-order valence-corrected chi connectivity index (χ4v) is 1.97. The standard InChI is InChI=1S/C13H14F3NO/c14-13(15,16)10-6-2-1-5-9(10)12(17)11-7-3-4-8-18-11/h1-2,5-7,12H,3-4,8,17H2. The summed E-state index contributed by atoms with van der Waals surface area (Å²) in [5.41, 5.74) is 5.23. The zero-order valence-corrected chi connectivity index (χ0v) is 9.70. The van der Waals surface area contributed by atoms with E-state index < -0.39 is 17.8 Å². The second-order valence-electron chi connectivity index (χ2n) is 4.16. The van der Waals surface area contributed by atoms with Crippen LogP contribution in [0.4, 0.5) is 13.2 Å². The van der Waals surface area contributed by atoms with Crippen LogP contribution in [0.1, 0.15) is 30.0 Å². The smallest absolute Gasteiger partial charge is 0.416 e. The Bertz CT molecular complexity index is 454. The van der Waals surface area contributed by atoms with Gasteiger partial charge in [0.15, 0.2) is 0 Å². The predicted octanol–water partition coefficient (Wildman–Crippen LogP) is 3.40. The maximum atomic E-state index is 12.9. The summed E-state index contributed by atoms with van der Waals surface area (Å²) in [5.74, 6) is 0.429. The molecule has 0 amide bonds. The minimum absolute atomic E-state index is 0.0538. The number of rotatable bonds is 2. The second kappa shape index (κ2) is 5.02. The summed E-state index contributed by atoms with van der Waals surface area (Å²) in [4.78, 5) is 0. The van der Waals surface area contributed by atoms with Gasteiger partial charge in [-0.3, -0.25) is 0 Å². The van der Waals surface area contributed by atoms with Crippen LogP contribution in [0.3, 0.4) is 0 Å². The van der Waals surface area contributed by atoms with Gasteiger partial charge in [0, 0.05) is 0 Å². The van der Waals surface area contributed by atoms with Crippen molar-refractivity contribution in [1.29, 1.82) is 0 Å².